The minimum Gasteiger partial charge on any atom is -0.377 e. The highest BCUT2D eigenvalue weighted by molar-refractivity contribution is 7.17. The van der Waals surface area contributed by atoms with Crippen LogP contribution in [0.25, 0.3) is 10.6 Å². The molecular formula is C15H13FN4O2S2. The SMILES string of the molecule is COCc1nnc(NC(=O)c2sc(-c3ccc(F)cc3)nc2C)s1. The number of thiazole rings is 1. The summed E-state index contributed by atoms with van der Waals surface area (Å²) in [7, 11) is 1.57. The van der Waals surface area contributed by atoms with Crippen molar-refractivity contribution in [1.82, 2.24) is 15.2 Å². The van der Waals surface area contributed by atoms with Crippen molar-refractivity contribution in [2.75, 3.05) is 12.4 Å². The molecule has 1 N–H and O–H groups in total. The molecule has 24 heavy (non-hydrogen) atoms. The summed E-state index contributed by atoms with van der Waals surface area (Å²) in [6.07, 6.45) is 0. The Morgan fingerprint density at radius 3 is 2.71 bits per heavy atom. The molecule has 2 heterocycles. The van der Waals surface area contributed by atoms with Gasteiger partial charge in [-0.3, -0.25) is 10.1 Å². The summed E-state index contributed by atoms with van der Waals surface area (Å²) in [5, 5.41) is 12.3. The smallest absolute Gasteiger partial charge is 0.269 e. The lowest BCUT2D eigenvalue weighted by Gasteiger charge is -1.98. The van der Waals surface area contributed by atoms with Gasteiger partial charge in [0.1, 0.15) is 27.3 Å². The number of carbonyl (C=O) groups is 1. The van der Waals surface area contributed by atoms with E-state index in [2.05, 4.69) is 20.5 Å². The van der Waals surface area contributed by atoms with Crippen LogP contribution in [0.5, 0.6) is 0 Å². The third-order valence-corrected chi connectivity index (χ3v) is 5.07. The van der Waals surface area contributed by atoms with Gasteiger partial charge in [0.15, 0.2) is 0 Å². The summed E-state index contributed by atoms with van der Waals surface area (Å²) in [5.41, 5.74) is 1.38. The van der Waals surface area contributed by atoms with E-state index in [4.69, 9.17) is 4.74 Å². The van der Waals surface area contributed by atoms with Crippen LogP contribution in [0, 0.1) is 12.7 Å². The van der Waals surface area contributed by atoms with Crippen LogP contribution in [0.4, 0.5) is 9.52 Å². The highest BCUT2D eigenvalue weighted by atomic mass is 32.1. The highest BCUT2D eigenvalue weighted by Crippen LogP contribution is 2.29. The van der Waals surface area contributed by atoms with Crippen molar-refractivity contribution in [3.63, 3.8) is 0 Å². The van der Waals surface area contributed by atoms with E-state index in [1.807, 2.05) is 0 Å². The Kier molecular flexibility index (Phi) is 4.93. The quantitative estimate of drug-likeness (QED) is 0.750. The Balaban J connectivity index is 1.78. The number of hydrogen-bond donors (Lipinski definition) is 1. The molecule has 1 amide bonds. The van der Waals surface area contributed by atoms with Crippen LogP contribution >= 0.6 is 22.7 Å². The van der Waals surface area contributed by atoms with Crippen LogP contribution in [0.15, 0.2) is 24.3 Å². The monoisotopic (exact) mass is 364 g/mol. The fraction of sp³-hybridized carbons (Fsp3) is 0.200. The number of hydrogen-bond acceptors (Lipinski definition) is 7. The number of nitrogens with zero attached hydrogens (tertiary/aromatic N) is 3. The van der Waals surface area contributed by atoms with Crippen LogP contribution in [0.2, 0.25) is 0 Å². The molecule has 9 heteroatoms. The molecule has 0 aliphatic carbocycles. The molecule has 0 bridgehead atoms. The number of amides is 1. The summed E-state index contributed by atoms with van der Waals surface area (Å²) in [5.74, 6) is -0.605. The molecule has 0 atom stereocenters. The number of carbonyl (C=O) groups excluding carboxylic acids is 1. The molecule has 1 aromatic carbocycles. The zero-order valence-electron chi connectivity index (χ0n) is 12.9. The Morgan fingerprint density at radius 2 is 2.00 bits per heavy atom. The number of methoxy groups -OCH3 is 1. The first kappa shape index (κ1) is 16.6. The zero-order chi connectivity index (χ0) is 17.1. The molecule has 0 unspecified atom stereocenters. The molecule has 124 valence electrons. The maximum Gasteiger partial charge on any atom is 0.269 e. The normalized spacial score (nSPS) is 10.8. The molecule has 0 aliphatic rings. The van der Waals surface area contributed by atoms with Gasteiger partial charge in [0.25, 0.3) is 5.91 Å². The highest BCUT2D eigenvalue weighted by Gasteiger charge is 2.18. The van der Waals surface area contributed by atoms with E-state index in [1.165, 1.54) is 34.8 Å². The molecule has 2 aromatic heterocycles. The lowest BCUT2D eigenvalue weighted by atomic mass is 10.2. The molecule has 3 rings (SSSR count). The lowest BCUT2D eigenvalue weighted by Crippen LogP contribution is -2.11. The van der Waals surface area contributed by atoms with Crippen LogP contribution in [0.1, 0.15) is 20.4 Å². The molecule has 0 saturated heterocycles. The predicted octanol–water partition coefficient (Wildman–Crippen LogP) is 3.51. The second kappa shape index (κ2) is 7.12. The predicted molar refractivity (Wildman–Crippen MR) is 90.8 cm³/mol. The summed E-state index contributed by atoms with van der Waals surface area (Å²) in [6, 6.07) is 6.00. The summed E-state index contributed by atoms with van der Waals surface area (Å²) in [4.78, 5) is 17.3. The first-order valence-corrected chi connectivity index (χ1v) is 8.56. The van der Waals surface area contributed by atoms with Gasteiger partial charge in [0.2, 0.25) is 5.13 Å². The number of rotatable bonds is 5. The summed E-state index contributed by atoms with van der Waals surface area (Å²) < 4.78 is 18.0. The van der Waals surface area contributed by atoms with Gasteiger partial charge in [0.05, 0.1) is 5.69 Å². The third kappa shape index (κ3) is 3.64. The topological polar surface area (TPSA) is 77.0 Å². The number of nitrogens with one attached hydrogen (secondary N) is 1. The fourth-order valence-corrected chi connectivity index (χ4v) is 3.64. The number of aryl methyl sites for hydroxylation is 1. The van der Waals surface area contributed by atoms with Gasteiger partial charge in [-0.2, -0.15) is 0 Å². The van der Waals surface area contributed by atoms with Crippen molar-refractivity contribution in [3.8, 4) is 10.6 Å². The number of aromatic nitrogens is 3. The number of anilines is 1. The summed E-state index contributed by atoms with van der Waals surface area (Å²) in [6.45, 7) is 2.11. The van der Waals surface area contributed by atoms with Crippen molar-refractivity contribution in [2.45, 2.75) is 13.5 Å². The van der Waals surface area contributed by atoms with E-state index in [-0.39, 0.29) is 11.7 Å². The van der Waals surface area contributed by atoms with Gasteiger partial charge < -0.3 is 4.74 Å². The first-order valence-electron chi connectivity index (χ1n) is 6.93. The van der Waals surface area contributed by atoms with Crippen molar-refractivity contribution in [1.29, 1.82) is 0 Å². The second-order valence-corrected chi connectivity index (χ2v) is 6.89. The summed E-state index contributed by atoms with van der Waals surface area (Å²) >= 11 is 2.50. The number of ether oxygens (including phenoxy) is 1. The maximum absolute atomic E-state index is 13.0. The van der Waals surface area contributed by atoms with E-state index in [0.717, 1.165) is 5.56 Å². The van der Waals surface area contributed by atoms with Crippen LogP contribution in [-0.2, 0) is 11.3 Å². The minimum atomic E-state index is -0.312. The Morgan fingerprint density at radius 1 is 1.25 bits per heavy atom. The zero-order valence-corrected chi connectivity index (χ0v) is 14.5. The van der Waals surface area contributed by atoms with Crippen LogP contribution < -0.4 is 5.32 Å². The Labute approximate surface area is 145 Å². The fourth-order valence-electron chi connectivity index (χ4n) is 1.96. The average molecular weight is 364 g/mol. The maximum atomic E-state index is 13.0. The first-order chi connectivity index (χ1) is 11.6. The Bertz CT molecular complexity index is 861. The minimum absolute atomic E-state index is 0.293. The molecule has 0 fully saturated rings. The standard InChI is InChI=1S/C15H13FN4O2S2/c1-8-12(13(21)18-15-20-19-11(23-15)7-22-2)24-14(17-8)9-3-5-10(16)6-4-9/h3-6H,7H2,1-2H3,(H,18,20,21). The molecule has 0 radical (unpaired) electrons. The number of halogens is 1. The van der Waals surface area contributed by atoms with E-state index in [9.17, 15) is 9.18 Å². The van der Waals surface area contributed by atoms with Crippen LogP contribution in [-0.4, -0.2) is 28.2 Å². The molecule has 0 spiro atoms. The largest absolute Gasteiger partial charge is 0.377 e. The lowest BCUT2D eigenvalue weighted by molar-refractivity contribution is 0.102. The van der Waals surface area contributed by atoms with Crippen molar-refractivity contribution < 1.29 is 13.9 Å². The van der Waals surface area contributed by atoms with Gasteiger partial charge in [-0.05, 0) is 31.2 Å². The molecule has 0 aliphatic heterocycles. The molecule has 3 aromatic rings. The van der Waals surface area contributed by atoms with Gasteiger partial charge >= 0.3 is 0 Å². The molecular weight excluding hydrogens is 351 g/mol. The van der Waals surface area contributed by atoms with E-state index in [0.29, 0.717) is 32.3 Å². The van der Waals surface area contributed by atoms with Crippen molar-refractivity contribution >= 4 is 33.7 Å². The average Bonchev–Trinajstić information content (AvgIpc) is 3.15. The van der Waals surface area contributed by atoms with Gasteiger partial charge in [-0.25, -0.2) is 9.37 Å². The van der Waals surface area contributed by atoms with Gasteiger partial charge in [-0.15, -0.1) is 21.5 Å². The van der Waals surface area contributed by atoms with Crippen molar-refractivity contribution in [3.05, 3.63) is 45.7 Å². The third-order valence-electron chi connectivity index (χ3n) is 3.05. The van der Waals surface area contributed by atoms with E-state index in [1.54, 1.807) is 26.2 Å². The van der Waals surface area contributed by atoms with Crippen LogP contribution in [0.3, 0.4) is 0 Å². The van der Waals surface area contributed by atoms with Gasteiger partial charge in [-0.1, -0.05) is 11.3 Å². The molecule has 6 nitrogen and oxygen atoms in total. The molecule has 0 saturated carbocycles. The van der Waals surface area contributed by atoms with E-state index >= 15 is 0 Å². The Hall–Kier alpha value is -2.23. The number of benzene rings is 1. The van der Waals surface area contributed by atoms with Gasteiger partial charge in [0, 0.05) is 12.7 Å². The van der Waals surface area contributed by atoms with E-state index < -0.39 is 0 Å². The van der Waals surface area contributed by atoms with Crippen molar-refractivity contribution in [2.24, 2.45) is 0 Å². The second-order valence-electron chi connectivity index (χ2n) is 4.83.